The van der Waals surface area contributed by atoms with Gasteiger partial charge in [-0.05, 0) is 43.0 Å². The summed E-state index contributed by atoms with van der Waals surface area (Å²) >= 11 is 0. The van der Waals surface area contributed by atoms with E-state index in [1.165, 1.54) is 32.1 Å². The molecule has 0 aromatic heterocycles. The second-order valence-electron chi connectivity index (χ2n) is 5.13. The third-order valence-electron chi connectivity index (χ3n) is 3.65. The molecule has 1 aromatic carbocycles. The summed E-state index contributed by atoms with van der Waals surface area (Å²) in [5, 5.41) is 9.11. The number of anilines is 1. The number of carboxylic acid groups (broad SMARTS) is 1. The molecule has 0 spiro atoms. The minimum absolute atomic E-state index is 0.371. The van der Waals surface area contributed by atoms with E-state index in [0.29, 0.717) is 5.56 Å². The zero-order valence-electron chi connectivity index (χ0n) is 12.0. The third kappa shape index (κ3) is 4.58. The Labute approximate surface area is 115 Å². The maximum absolute atomic E-state index is 11.1. The molecule has 3 N–H and O–H groups in total. The number of nitrogen functional groups attached to an aromatic ring is 1. The zero-order valence-corrected chi connectivity index (χ0v) is 12.0. The van der Waals surface area contributed by atoms with Crippen molar-refractivity contribution in [3.05, 3.63) is 28.8 Å². The molecule has 0 aliphatic rings. The minimum atomic E-state index is -0.873. The number of hydrogen-bond acceptors (Lipinski definition) is 2. The van der Waals surface area contributed by atoms with Crippen molar-refractivity contribution in [3.63, 3.8) is 0 Å². The van der Waals surface area contributed by atoms with Crippen LogP contribution in [0.3, 0.4) is 0 Å². The summed E-state index contributed by atoms with van der Waals surface area (Å²) < 4.78 is 0. The third-order valence-corrected chi connectivity index (χ3v) is 3.65. The molecule has 0 unspecified atom stereocenters. The highest BCUT2D eigenvalue weighted by molar-refractivity contribution is 5.90. The SMILES string of the molecule is CCCCCCCCc1c(N)ccc(C(=O)O)c1C. The van der Waals surface area contributed by atoms with Crippen LogP contribution in [0, 0.1) is 6.92 Å². The van der Waals surface area contributed by atoms with Crippen LogP contribution in [0.25, 0.3) is 0 Å². The van der Waals surface area contributed by atoms with Crippen LogP contribution >= 0.6 is 0 Å². The van der Waals surface area contributed by atoms with Gasteiger partial charge in [0, 0.05) is 5.69 Å². The average molecular weight is 263 g/mol. The monoisotopic (exact) mass is 263 g/mol. The molecule has 0 atom stereocenters. The highest BCUT2D eigenvalue weighted by Gasteiger charge is 2.12. The number of carbonyl (C=O) groups is 1. The maximum Gasteiger partial charge on any atom is 0.335 e. The quantitative estimate of drug-likeness (QED) is 0.546. The lowest BCUT2D eigenvalue weighted by Gasteiger charge is -2.12. The second kappa shape index (κ2) is 7.82. The van der Waals surface area contributed by atoms with Gasteiger partial charge in [0.15, 0.2) is 0 Å². The molecule has 1 rings (SSSR count). The Morgan fingerprint density at radius 3 is 2.42 bits per heavy atom. The second-order valence-corrected chi connectivity index (χ2v) is 5.13. The number of aromatic carboxylic acids is 1. The van der Waals surface area contributed by atoms with E-state index in [9.17, 15) is 4.79 Å². The Kier molecular flexibility index (Phi) is 6.40. The van der Waals surface area contributed by atoms with Gasteiger partial charge in [0.05, 0.1) is 5.56 Å². The van der Waals surface area contributed by atoms with Gasteiger partial charge in [-0.15, -0.1) is 0 Å². The van der Waals surface area contributed by atoms with E-state index < -0.39 is 5.97 Å². The van der Waals surface area contributed by atoms with E-state index >= 15 is 0 Å². The topological polar surface area (TPSA) is 63.3 Å². The van der Waals surface area contributed by atoms with Gasteiger partial charge in [0.2, 0.25) is 0 Å². The van der Waals surface area contributed by atoms with E-state index in [1.807, 2.05) is 6.92 Å². The molecule has 3 nitrogen and oxygen atoms in total. The fraction of sp³-hybridized carbons (Fsp3) is 0.562. The Morgan fingerprint density at radius 2 is 1.79 bits per heavy atom. The van der Waals surface area contributed by atoms with E-state index in [0.717, 1.165) is 29.7 Å². The molecule has 0 heterocycles. The summed E-state index contributed by atoms with van der Waals surface area (Å²) in [6.45, 7) is 4.06. The van der Waals surface area contributed by atoms with Gasteiger partial charge in [-0.2, -0.15) is 0 Å². The standard InChI is InChI=1S/C16H25NO2/c1-3-4-5-6-7-8-9-13-12(2)14(16(18)19)10-11-15(13)17/h10-11H,3-9,17H2,1-2H3,(H,18,19). The summed E-state index contributed by atoms with van der Waals surface area (Å²) in [5.74, 6) is -0.873. The summed E-state index contributed by atoms with van der Waals surface area (Å²) in [5.41, 5.74) is 8.88. The van der Waals surface area contributed by atoms with Crippen LogP contribution in [-0.4, -0.2) is 11.1 Å². The maximum atomic E-state index is 11.1. The first-order valence-corrected chi connectivity index (χ1v) is 7.19. The first-order valence-electron chi connectivity index (χ1n) is 7.19. The van der Waals surface area contributed by atoms with Gasteiger partial charge < -0.3 is 10.8 Å². The molecular weight excluding hydrogens is 238 g/mol. The zero-order chi connectivity index (χ0) is 14.3. The Balaban J connectivity index is 2.57. The number of rotatable bonds is 8. The predicted molar refractivity (Wildman–Crippen MR) is 79.6 cm³/mol. The highest BCUT2D eigenvalue weighted by atomic mass is 16.4. The van der Waals surface area contributed by atoms with Gasteiger partial charge in [-0.3, -0.25) is 0 Å². The van der Waals surface area contributed by atoms with Crippen LogP contribution in [0.4, 0.5) is 5.69 Å². The largest absolute Gasteiger partial charge is 0.478 e. The van der Waals surface area contributed by atoms with Crippen molar-refractivity contribution in [1.29, 1.82) is 0 Å². The van der Waals surface area contributed by atoms with Crippen LogP contribution in [0.2, 0.25) is 0 Å². The summed E-state index contributed by atoms with van der Waals surface area (Å²) in [6.07, 6.45) is 8.26. The summed E-state index contributed by atoms with van der Waals surface area (Å²) in [6, 6.07) is 3.31. The van der Waals surface area contributed by atoms with E-state index in [4.69, 9.17) is 10.8 Å². The van der Waals surface area contributed by atoms with E-state index in [-0.39, 0.29) is 0 Å². The van der Waals surface area contributed by atoms with Gasteiger partial charge >= 0.3 is 5.97 Å². The lowest BCUT2D eigenvalue weighted by molar-refractivity contribution is 0.0696. The lowest BCUT2D eigenvalue weighted by atomic mass is 9.95. The van der Waals surface area contributed by atoms with Crippen molar-refractivity contribution in [2.45, 2.75) is 58.8 Å². The Morgan fingerprint density at radius 1 is 1.16 bits per heavy atom. The predicted octanol–water partition coefficient (Wildman–Crippen LogP) is 4.18. The fourth-order valence-electron chi connectivity index (χ4n) is 2.42. The molecular formula is C16H25NO2. The molecule has 0 radical (unpaired) electrons. The summed E-state index contributed by atoms with van der Waals surface area (Å²) in [7, 11) is 0. The highest BCUT2D eigenvalue weighted by Crippen LogP contribution is 2.23. The molecule has 0 saturated heterocycles. The van der Waals surface area contributed by atoms with Crippen LogP contribution in [0.5, 0.6) is 0 Å². The van der Waals surface area contributed by atoms with E-state index in [1.54, 1.807) is 12.1 Å². The molecule has 0 amide bonds. The number of unbranched alkanes of at least 4 members (excludes halogenated alkanes) is 5. The number of carboxylic acids is 1. The fourth-order valence-corrected chi connectivity index (χ4v) is 2.42. The van der Waals surface area contributed by atoms with Gasteiger partial charge in [-0.1, -0.05) is 39.0 Å². The van der Waals surface area contributed by atoms with Gasteiger partial charge in [-0.25, -0.2) is 4.79 Å². The molecule has 0 saturated carbocycles. The van der Waals surface area contributed by atoms with E-state index in [2.05, 4.69) is 6.92 Å². The number of hydrogen-bond donors (Lipinski definition) is 2. The molecule has 0 fully saturated rings. The normalized spacial score (nSPS) is 10.6. The lowest BCUT2D eigenvalue weighted by Crippen LogP contribution is -2.06. The molecule has 0 aliphatic carbocycles. The Bertz CT molecular complexity index is 427. The minimum Gasteiger partial charge on any atom is -0.478 e. The average Bonchev–Trinajstić information content (AvgIpc) is 2.36. The van der Waals surface area contributed by atoms with Gasteiger partial charge in [0.1, 0.15) is 0 Å². The smallest absolute Gasteiger partial charge is 0.335 e. The summed E-state index contributed by atoms with van der Waals surface area (Å²) in [4.78, 5) is 11.1. The molecule has 0 aliphatic heterocycles. The van der Waals surface area contributed by atoms with Crippen molar-refractivity contribution in [2.75, 3.05) is 5.73 Å². The van der Waals surface area contributed by atoms with Crippen molar-refractivity contribution in [2.24, 2.45) is 0 Å². The van der Waals surface area contributed by atoms with Crippen molar-refractivity contribution < 1.29 is 9.90 Å². The van der Waals surface area contributed by atoms with Crippen molar-refractivity contribution >= 4 is 11.7 Å². The van der Waals surface area contributed by atoms with Crippen LogP contribution in [0.1, 0.15) is 66.9 Å². The van der Waals surface area contributed by atoms with Crippen molar-refractivity contribution in [3.8, 4) is 0 Å². The Hall–Kier alpha value is -1.51. The van der Waals surface area contributed by atoms with Crippen LogP contribution in [-0.2, 0) is 6.42 Å². The number of nitrogens with two attached hydrogens (primary N) is 1. The first-order chi connectivity index (χ1) is 9.07. The number of benzene rings is 1. The van der Waals surface area contributed by atoms with Crippen LogP contribution in [0.15, 0.2) is 12.1 Å². The molecule has 19 heavy (non-hydrogen) atoms. The molecule has 0 bridgehead atoms. The molecule has 3 heteroatoms. The van der Waals surface area contributed by atoms with Crippen LogP contribution < -0.4 is 5.73 Å². The van der Waals surface area contributed by atoms with Gasteiger partial charge in [0.25, 0.3) is 0 Å². The van der Waals surface area contributed by atoms with Crippen molar-refractivity contribution in [1.82, 2.24) is 0 Å². The molecule has 1 aromatic rings. The first kappa shape index (κ1) is 15.5. The molecule has 106 valence electrons.